The van der Waals surface area contributed by atoms with Gasteiger partial charge in [0, 0.05) is 23.8 Å². The number of methoxy groups -OCH3 is 1. The minimum Gasteiger partial charge on any atom is -0.453 e. The second kappa shape index (κ2) is 11.8. The van der Waals surface area contributed by atoms with Crippen molar-refractivity contribution in [3.8, 4) is 22.4 Å². The third-order valence-corrected chi connectivity index (χ3v) is 9.96. The molecule has 0 saturated heterocycles. The van der Waals surface area contributed by atoms with Gasteiger partial charge in [-0.2, -0.15) is 4.39 Å². The van der Waals surface area contributed by atoms with Gasteiger partial charge in [0.25, 0.3) is 0 Å². The van der Waals surface area contributed by atoms with Gasteiger partial charge < -0.3 is 24.3 Å². The number of pyridine rings is 1. The van der Waals surface area contributed by atoms with Crippen molar-refractivity contribution < 1.29 is 18.7 Å². The van der Waals surface area contributed by atoms with E-state index in [1.54, 1.807) is 4.57 Å². The third kappa shape index (κ3) is 5.63. The number of benzene rings is 1. The lowest BCUT2D eigenvalue weighted by molar-refractivity contribution is -0.00789. The van der Waals surface area contributed by atoms with Crippen molar-refractivity contribution in [2.45, 2.75) is 73.1 Å². The van der Waals surface area contributed by atoms with Crippen molar-refractivity contribution in [3.63, 3.8) is 0 Å². The van der Waals surface area contributed by atoms with E-state index < -0.39 is 45.1 Å². The summed E-state index contributed by atoms with van der Waals surface area (Å²) in [5.41, 5.74) is 2.81. The highest BCUT2D eigenvalue weighted by molar-refractivity contribution is 6.66. The fourth-order valence-corrected chi connectivity index (χ4v) is 7.30. The molecule has 1 aliphatic heterocycles. The zero-order chi connectivity index (χ0) is 37.0. The van der Waals surface area contributed by atoms with E-state index in [-0.39, 0.29) is 28.5 Å². The summed E-state index contributed by atoms with van der Waals surface area (Å²) >= 11 is 0. The fraction of sp³-hybridized carbons (Fsp3) is 0.419. The highest BCUT2D eigenvalue weighted by Gasteiger charge is 2.37. The number of carbonyl (C=O) groups excluding carboxylic acids is 1. The number of rotatable bonds is 7. The number of halogens is 1. The molecular weight excluding hydrogens is 640 g/mol. The van der Waals surface area contributed by atoms with E-state index in [1.165, 1.54) is 19.5 Å². The Hall–Kier alpha value is -3.93. The number of amides is 1. The van der Waals surface area contributed by atoms with E-state index in [9.17, 15) is 9.59 Å². The van der Waals surface area contributed by atoms with Gasteiger partial charge in [0.2, 0.25) is 5.95 Å². The third-order valence-electron chi connectivity index (χ3n) is 9.96. The first-order valence-corrected chi connectivity index (χ1v) is 16.1. The molecule has 1 saturated carbocycles. The molecule has 1 aromatic carbocycles. The van der Waals surface area contributed by atoms with Gasteiger partial charge in [-0.25, -0.2) is 14.6 Å². The van der Waals surface area contributed by atoms with Gasteiger partial charge in [-0.15, -0.1) is 10.2 Å². The van der Waals surface area contributed by atoms with Crippen LogP contribution in [0.4, 0.5) is 9.18 Å². The quantitative estimate of drug-likeness (QED) is 0.252. The Morgan fingerprint density at radius 3 is 2.53 bits per heavy atom. The largest absolute Gasteiger partial charge is 0.453 e. The van der Waals surface area contributed by atoms with Crippen molar-refractivity contribution in [1.29, 1.82) is 0 Å². The number of nitrogens with zero attached hydrogens (tertiary/aromatic N) is 5. The molecular formula is C31H26B8FN7O4. The van der Waals surface area contributed by atoms with Crippen LogP contribution in [0.1, 0.15) is 50.3 Å². The molecule has 0 spiro atoms. The van der Waals surface area contributed by atoms with Crippen LogP contribution < -0.4 is 11.0 Å². The van der Waals surface area contributed by atoms with Crippen molar-refractivity contribution >= 4 is 90.9 Å². The van der Waals surface area contributed by atoms with Gasteiger partial charge in [0.1, 0.15) is 5.65 Å². The molecule has 2 atom stereocenters. The topological polar surface area (TPSA) is 121 Å². The number of fused-ring (bicyclic) bond motifs is 4. The lowest BCUT2D eigenvalue weighted by atomic mass is 9.26. The summed E-state index contributed by atoms with van der Waals surface area (Å²) in [5, 5.41) is 0.565. The van der Waals surface area contributed by atoms with Crippen LogP contribution in [0.5, 0.6) is 0 Å². The molecule has 240 valence electrons. The molecule has 0 bridgehead atoms. The number of nitrogens with one attached hydrogen (secondary N) is 2. The number of imidazole rings is 1. The molecule has 1 amide bonds. The number of aromatic nitrogens is 6. The standard InChI is InChI=1S/C31H26B8FN7O4/c1-28(2)18-7-4-13(8-14(18)12-51-28)20-21-23-19(47(31(37,38)39)27(49)46(23)16-6-5-15(9-16)42-26(48)50-3)10-41-25(21)43-22(20)17-11-45(44-24(17)40)30(35,36)29(32,33)34/h4,7-8,10-11,15-16H,5-6,9,12H2,1-3H3,(H,41,43)(H,42,48)/t15-,16-/m1/s1. The minimum atomic E-state index is -2.22. The number of hydrogen-bond donors (Lipinski definition) is 2. The van der Waals surface area contributed by atoms with E-state index in [2.05, 4.69) is 20.4 Å². The monoisotopic (exact) mass is 667 g/mol. The molecule has 51 heavy (non-hydrogen) atoms. The van der Waals surface area contributed by atoms with E-state index in [1.807, 2.05) is 32.0 Å². The molecule has 0 unspecified atom stereocenters. The van der Waals surface area contributed by atoms with Crippen LogP contribution in [0.15, 0.2) is 35.4 Å². The molecule has 11 nitrogen and oxygen atoms in total. The molecule has 5 heterocycles. The normalized spacial score (nSPS) is 19.1. The van der Waals surface area contributed by atoms with E-state index >= 15 is 4.39 Å². The Morgan fingerprint density at radius 2 is 1.86 bits per heavy atom. The van der Waals surface area contributed by atoms with Gasteiger partial charge in [0.05, 0.1) is 116 Å². The maximum atomic E-state index is 16.0. The summed E-state index contributed by atoms with van der Waals surface area (Å²) in [7, 11) is 49.6. The molecule has 1 fully saturated rings. The molecule has 1 aliphatic carbocycles. The lowest BCUT2D eigenvalue weighted by Crippen LogP contribution is -2.48. The summed E-state index contributed by atoms with van der Waals surface area (Å²) < 4.78 is 30.3. The first kappa shape index (κ1) is 35.5. The summed E-state index contributed by atoms with van der Waals surface area (Å²) in [4.78, 5) is 34.3. The minimum absolute atomic E-state index is 0.0832. The van der Waals surface area contributed by atoms with Gasteiger partial charge >= 0.3 is 11.8 Å². The Balaban J connectivity index is 1.56. The van der Waals surface area contributed by atoms with E-state index in [0.29, 0.717) is 47.9 Å². The average Bonchev–Trinajstić information content (AvgIpc) is 3.84. The maximum Gasteiger partial charge on any atom is 0.407 e. The summed E-state index contributed by atoms with van der Waals surface area (Å²) in [5.74, 6) is -0.985. The van der Waals surface area contributed by atoms with Crippen molar-refractivity contribution in [3.05, 3.63) is 58.2 Å². The molecule has 2 aliphatic rings. The maximum absolute atomic E-state index is 16.0. The SMILES string of the molecule is [B]C([B])([B])n1c(=O)n([C@@H]2CC[C@@H](NC(=O)OC)C2)c2c3c(-c4ccc5c(c4)COC5(C)C)c(-c4cn(C([B])([B])C([B])([B])[B])nc4F)[nH]c3ncc21. The van der Waals surface area contributed by atoms with Gasteiger partial charge in [0.15, 0.2) is 0 Å². The number of carbonyl (C=O) groups is 1. The zero-order valence-corrected chi connectivity index (χ0v) is 28.2. The van der Waals surface area contributed by atoms with Crippen LogP contribution in [-0.4, -0.2) is 111 Å². The molecule has 20 heteroatoms. The van der Waals surface area contributed by atoms with Crippen LogP contribution in [0.25, 0.3) is 44.5 Å². The average molecular weight is 666 g/mol. The van der Waals surface area contributed by atoms with Gasteiger partial charge in [-0.05, 0) is 61.2 Å². The van der Waals surface area contributed by atoms with Crippen molar-refractivity contribution in [2.24, 2.45) is 0 Å². The Bertz CT molecular complexity index is 2290. The smallest absolute Gasteiger partial charge is 0.407 e. The first-order chi connectivity index (χ1) is 23.7. The predicted octanol–water partition coefficient (Wildman–Crippen LogP) is 1.16. The number of H-pyrrole nitrogens is 1. The molecule has 7 rings (SSSR count). The Labute approximate surface area is 303 Å². The van der Waals surface area contributed by atoms with Crippen LogP contribution >= 0.6 is 0 Å². The van der Waals surface area contributed by atoms with Gasteiger partial charge in [-0.3, -0.25) is 9.25 Å². The van der Waals surface area contributed by atoms with E-state index in [0.717, 1.165) is 20.4 Å². The molecule has 4 aromatic heterocycles. The molecule has 5 aromatic rings. The van der Waals surface area contributed by atoms with Crippen LogP contribution in [0.2, 0.25) is 5.11 Å². The highest BCUT2D eigenvalue weighted by Crippen LogP contribution is 2.46. The molecule has 2 N–H and O–H groups in total. The number of alkyl carbamates (subject to hydrolysis) is 1. The number of ether oxygens (including phenoxy) is 2. The summed E-state index contributed by atoms with van der Waals surface area (Å²) in [6.07, 6.45) is 3.47. The summed E-state index contributed by atoms with van der Waals surface area (Å²) in [6.45, 7) is 4.26. The van der Waals surface area contributed by atoms with Gasteiger partial charge in [-0.1, -0.05) is 17.4 Å². The lowest BCUT2D eigenvalue weighted by Gasteiger charge is -2.42. The molecule has 16 radical (unpaired) electrons. The Kier molecular flexibility index (Phi) is 8.20. The highest BCUT2D eigenvalue weighted by atomic mass is 19.1. The van der Waals surface area contributed by atoms with Crippen molar-refractivity contribution in [1.82, 2.24) is 34.2 Å². The second-order valence-corrected chi connectivity index (χ2v) is 14.0. The van der Waals surface area contributed by atoms with Crippen LogP contribution in [0, 0.1) is 5.95 Å². The predicted molar refractivity (Wildman–Crippen MR) is 197 cm³/mol. The summed E-state index contributed by atoms with van der Waals surface area (Å²) in [6, 6.07) is 5.00. The first-order valence-electron chi connectivity index (χ1n) is 16.1. The fourth-order valence-electron chi connectivity index (χ4n) is 7.30. The number of hydrogen-bond acceptors (Lipinski definition) is 6. The zero-order valence-electron chi connectivity index (χ0n) is 28.2. The van der Waals surface area contributed by atoms with E-state index in [4.69, 9.17) is 72.2 Å². The Morgan fingerprint density at radius 1 is 1.14 bits per heavy atom. The van der Waals surface area contributed by atoms with Crippen LogP contribution in [-0.2, 0) is 32.3 Å². The van der Waals surface area contributed by atoms with Crippen molar-refractivity contribution in [2.75, 3.05) is 7.11 Å². The second-order valence-electron chi connectivity index (χ2n) is 14.0. The van der Waals surface area contributed by atoms with Crippen LogP contribution in [0.3, 0.4) is 0 Å². The number of aromatic amines is 1.